The lowest BCUT2D eigenvalue weighted by molar-refractivity contribution is 0.324. The maximum atomic E-state index is 8.43. The molecule has 0 fully saturated rings. The van der Waals surface area contributed by atoms with Gasteiger partial charge in [-0.25, -0.2) is 0 Å². The zero-order chi connectivity index (χ0) is 12.0. The lowest BCUT2D eigenvalue weighted by Crippen LogP contribution is -1.96. The fraction of sp³-hybridized carbons (Fsp3) is 0.333. The van der Waals surface area contributed by atoms with E-state index in [1.165, 1.54) is 0 Å². The summed E-state index contributed by atoms with van der Waals surface area (Å²) >= 11 is 0. The Balaban J connectivity index is 3.18. The number of hydrogen-bond donors (Lipinski definition) is 1. The van der Waals surface area contributed by atoms with Crippen molar-refractivity contribution in [1.29, 1.82) is 0 Å². The van der Waals surface area contributed by atoms with Crippen molar-refractivity contribution in [1.82, 2.24) is 0 Å². The predicted molar refractivity (Wildman–Crippen MR) is 59.5 cm³/mol. The van der Waals surface area contributed by atoms with Gasteiger partial charge in [0.1, 0.15) is 6.11 Å². The predicted octanol–water partition coefficient (Wildman–Crippen LogP) is 1.59. The molecule has 0 saturated heterocycles. The Hall–Kier alpha value is -2.02. The summed E-state index contributed by atoms with van der Waals surface area (Å²) in [7, 11) is 4.66. The lowest BCUT2D eigenvalue weighted by atomic mass is 10.1. The summed E-state index contributed by atoms with van der Waals surface area (Å²) < 4.78 is 15.5. The van der Waals surface area contributed by atoms with E-state index in [1.54, 1.807) is 33.5 Å². The van der Waals surface area contributed by atoms with Crippen molar-refractivity contribution in [3.8, 4) is 29.3 Å². The van der Waals surface area contributed by atoms with Crippen LogP contribution in [-0.2, 0) is 6.42 Å². The standard InChI is InChI=1S/C12H14O4/c1-14-10-7-9(5-4-6-13)8-11(15-2)12(10)16-3/h7-8,13H,5H2,1-3H3. The van der Waals surface area contributed by atoms with Crippen LogP contribution < -0.4 is 14.2 Å². The molecular weight excluding hydrogens is 208 g/mol. The van der Waals surface area contributed by atoms with Gasteiger partial charge in [0.2, 0.25) is 5.75 Å². The van der Waals surface area contributed by atoms with Crippen LogP contribution in [0.2, 0.25) is 0 Å². The number of ether oxygens (including phenoxy) is 3. The van der Waals surface area contributed by atoms with Crippen molar-refractivity contribution < 1.29 is 19.3 Å². The zero-order valence-electron chi connectivity index (χ0n) is 9.53. The maximum absolute atomic E-state index is 8.43. The normalized spacial score (nSPS) is 8.94. The van der Waals surface area contributed by atoms with Crippen LogP contribution in [0.5, 0.6) is 17.2 Å². The average molecular weight is 222 g/mol. The molecule has 0 aliphatic rings. The van der Waals surface area contributed by atoms with Gasteiger partial charge >= 0.3 is 0 Å². The molecule has 0 bridgehead atoms. The molecule has 0 aliphatic heterocycles. The molecule has 0 aromatic heterocycles. The molecule has 86 valence electrons. The molecule has 16 heavy (non-hydrogen) atoms. The monoisotopic (exact) mass is 222 g/mol. The first-order valence-electron chi connectivity index (χ1n) is 4.67. The van der Waals surface area contributed by atoms with E-state index in [0.717, 1.165) is 5.56 Å². The van der Waals surface area contributed by atoms with Crippen LogP contribution in [0, 0.1) is 12.0 Å². The SMILES string of the molecule is COc1cc(CC#CO)cc(OC)c1OC. The Morgan fingerprint density at radius 1 is 1.06 bits per heavy atom. The van der Waals surface area contributed by atoms with E-state index in [1.807, 2.05) is 6.11 Å². The van der Waals surface area contributed by atoms with Gasteiger partial charge in [-0.1, -0.05) is 5.92 Å². The highest BCUT2D eigenvalue weighted by Crippen LogP contribution is 2.38. The molecule has 0 heterocycles. The fourth-order valence-electron chi connectivity index (χ4n) is 1.38. The van der Waals surface area contributed by atoms with E-state index >= 15 is 0 Å². The van der Waals surface area contributed by atoms with E-state index in [2.05, 4.69) is 5.92 Å². The van der Waals surface area contributed by atoms with Gasteiger partial charge in [0.15, 0.2) is 11.5 Å². The third-order valence-corrected chi connectivity index (χ3v) is 2.10. The van der Waals surface area contributed by atoms with Crippen molar-refractivity contribution in [2.75, 3.05) is 21.3 Å². The summed E-state index contributed by atoms with van der Waals surface area (Å²) in [5.74, 6) is 4.27. The van der Waals surface area contributed by atoms with Crippen molar-refractivity contribution in [2.24, 2.45) is 0 Å². The van der Waals surface area contributed by atoms with E-state index in [-0.39, 0.29) is 0 Å². The highest BCUT2D eigenvalue weighted by Gasteiger charge is 2.12. The molecule has 0 radical (unpaired) electrons. The minimum absolute atomic E-state index is 0.424. The third-order valence-electron chi connectivity index (χ3n) is 2.10. The van der Waals surface area contributed by atoms with Crippen LogP contribution in [0.4, 0.5) is 0 Å². The molecule has 0 spiro atoms. The quantitative estimate of drug-likeness (QED) is 0.786. The molecule has 1 rings (SSSR count). The largest absolute Gasteiger partial charge is 0.493 e. The summed E-state index contributed by atoms with van der Waals surface area (Å²) in [5.41, 5.74) is 0.885. The molecular formula is C12H14O4. The number of aliphatic hydroxyl groups is 1. The van der Waals surface area contributed by atoms with Gasteiger partial charge < -0.3 is 19.3 Å². The maximum Gasteiger partial charge on any atom is 0.203 e. The number of hydrogen-bond acceptors (Lipinski definition) is 4. The Labute approximate surface area is 94.8 Å². The van der Waals surface area contributed by atoms with Crippen LogP contribution in [-0.4, -0.2) is 26.4 Å². The average Bonchev–Trinajstić information content (AvgIpc) is 2.34. The van der Waals surface area contributed by atoms with Crippen LogP contribution >= 0.6 is 0 Å². The molecule has 1 N–H and O–H groups in total. The molecule has 1 aromatic carbocycles. The number of rotatable bonds is 4. The van der Waals surface area contributed by atoms with Crippen molar-refractivity contribution in [3.05, 3.63) is 17.7 Å². The molecule has 0 aliphatic carbocycles. The second kappa shape index (κ2) is 5.76. The van der Waals surface area contributed by atoms with Crippen LogP contribution in [0.1, 0.15) is 5.56 Å². The van der Waals surface area contributed by atoms with Crippen LogP contribution in [0.3, 0.4) is 0 Å². The van der Waals surface area contributed by atoms with E-state index < -0.39 is 0 Å². The second-order valence-corrected chi connectivity index (χ2v) is 3.00. The number of methoxy groups -OCH3 is 3. The summed E-state index contributed by atoms with van der Waals surface area (Å²) in [4.78, 5) is 0. The first-order chi connectivity index (χ1) is 7.76. The Bertz CT molecular complexity index is 390. The van der Waals surface area contributed by atoms with Gasteiger partial charge in [-0.15, -0.1) is 0 Å². The molecule has 0 saturated carbocycles. The Morgan fingerprint density at radius 3 is 2.00 bits per heavy atom. The van der Waals surface area contributed by atoms with Gasteiger partial charge in [-0.2, -0.15) is 0 Å². The van der Waals surface area contributed by atoms with E-state index in [9.17, 15) is 0 Å². The van der Waals surface area contributed by atoms with E-state index in [0.29, 0.717) is 23.7 Å². The Kier molecular flexibility index (Phi) is 4.34. The molecule has 4 nitrogen and oxygen atoms in total. The van der Waals surface area contributed by atoms with Crippen molar-refractivity contribution >= 4 is 0 Å². The van der Waals surface area contributed by atoms with Crippen molar-refractivity contribution in [2.45, 2.75) is 6.42 Å². The number of aliphatic hydroxyl groups excluding tert-OH is 1. The third kappa shape index (κ3) is 2.51. The van der Waals surface area contributed by atoms with Gasteiger partial charge in [0.25, 0.3) is 0 Å². The summed E-state index contributed by atoms with van der Waals surface area (Å²) in [6, 6.07) is 3.59. The van der Waals surface area contributed by atoms with Crippen LogP contribution in [0.15, 0.2) is 12.1 Å². The molecule has 0 atom stereocenters. The minimum atomic E-state index is 0.424. The van der Waals surface area contributed by atoms with E-state index in [4.69, 9.17) is 19.3 Å². The smallest absolute Gasteiger partial charge is 0.203 e. The summed E-state index contributed by atoms with van der Waals surface area (Å²) in [6.07, 6.45) is 2.28. The lowest BCUT2D eigenvalue weighted by Gasteiger charge is -2.13. The Morgan fingerprint density at radius 2 is 1.62 bits per heavy atom. The molecule has 0 amide bonds. The first-order valence-corrected chi connectivity index (χ1v) is 4.67. The second-order valence-electron chi connectivity index (χ2n) is 3.00. The topological polar surface area (TPSA) is 47.9 Å². The van der Waals surface area contributed by atoms with Gasteiger partial charge in [-0.05, 0) is 17.7 Å². The van der Waals surface area contributed by atoms with Crippen molar-refractivity contribution in [3.63, 3.8) is 0 Å². The molecule has 0 unspecified atom stereocenters. The molecule has 1 aromatic rings. The fourth-order valence-corrected chi connectivity index (χ4v) is 1.38. The molecule has 4 heteroatoms. The first kappa shape index (κ1) is 12.1. The van der Waals surface area contributed by atoms with Gasteiger partial charge in [0.05, 0.1) is 21.3 Å². The summed E-state index contributed by atoms with van der Waals surface area (Å²) in [6.45, 7) is 0. The minimum Gasteiger partial charge on any atom is -0.493 e. The van der Waals surface area contributed by atoms with Gasteiger partial charge in [0, 0.05) is 6.42 Å². The highest BCUT2D eigenvalue weighted by atomic mass is 16.5. The highest BCUT2D eigenvalue weighted by molar-refractivity contribution is 5.54. The van der Waals surface area contributed by atoms with Gasteiger partial charge in [-0.3, -0.25) is 0 Å². The van der Waals surface area contributed by atoms with Crippen LogP contribution in [0.25, 0.3) is 0 Å². The number of benzene rings is 1. The summed E-state index contributed by atoms with van der Waals surface area (Å²) in [5, 5.41) is 8.43. The zero-order valence-corrected chi connectivity index (χ0v) is 9.53.